The second kappa shape index (κ2) is 50.7. The summed E-state index contributed by atoms with van der Waals surface area (Å²) in [7, 11) is 23.2. The molecule has 8 aromatic rings. The third-order valence-corrected chi connectivity index (χ3v) is 25.0. The molecule has 4 aromatic heterocycles. The summed E-state index contributed by atoms with van der Waals surface area (Å²) in [6.07, 6.45) is 15.5. The van der Waals surface area contributed by atoms with Crippen molar-refractivity contribution in [3.8, 4) is 23.0 Å². The van der Waals surface area contributed by atoms with Crippen LogP contribution in [-0.4, -0.2) is 236 Å². The zero-order valence-corrected chi connectivity index (χ0v) is 87.0. The average molecular weight is 1900 g/mol. The van der Waals surface area contributed by atoms with Crippen molar-refractivity contribution in [2.45, 2.75) is 370 Å². The molecule has 0 N–H and O–H groups in total. The number of nitrogens with zero attached hydrogens (tertiary/aromatic N) is 12. The molecule has 0 unspecified atom stereocenters. The molecule has 8 rings (SSSR count). The molecular weight excluding hydrogens is 1750 g/mol. The van der Waals surface area contributed by atoms with Gasteiger partial charge in [0.1, 0.15) is 54.4 Å². The van der Waals surface area contributed by atoms with Crippen LogP contribution in [0.1, 0.15) is 279 Å². The van der Waals surface area contributed by atoms with Crippen molar-refractivity contribution in [1.82, 2.24) is 60.0 Å². The number of aryl methyl sites for hydroxylation is 8. The summed E-state index contributed by atoms with van der Waals surface area (Å²) in [6.45, 7) is 55.7. The molecule has 0 aliphatic carbocycles. The van der Waals surface area contributed by atoms with Crippen molar-refractivity contribution in [2.24, 2.45) is 10.8 Å². The molecule has 0 fully saturated rings. The monoisotopic (exact) mass is 1900 g/mol. The van der Waals surface area contributed by atoms with Crippen LogP contribution in [0.25, 0.3) is 0 Å². The van der Waals surface area contributed by atoms with Crippen molar-refractivity contribution in [3.63, 3.8) is 0 Å². The first kappa shape index (κ1) is 114. The zero-order chi connectivity index (χ0) is 102. The fraction of sp³-hybridized carbons (Fsp3) is 0.654. The summed E-state index contributed by atoms with van der Waals surface area (Å²) in [5.74, 6) is 0.231. The number of benzene rings is 4. The second-order valence-corrected chi connectivity index (χ2v) is 43.7. The summed E-state index contributed by atoms with van der Waals surface area (Å²) in [4.78, 5) is 50.7. The van der Waals surface area contributed by atoms with Crippen LogP contribution in [0.3, 0.4) is 0 Å². The van der Waals surface area contributed by atoms with E-state index in [1.807, 2.05) is 24.8 Å². The molecule has 4 aromatic carbocycles. The Hall–Kier alpha value is -8.82. The first-order valence-corrected chi connectivity index (χ1v) is 48.6. The van der Waals surface area contributed by atoms with Gasteiger partial charge >= 0.3 is 23.9 Å². The topological polar surface area (TPSA) is 320 Å². The van der Waals surface area contributed by atoms with E-state index in [9.17, 15) is 19.2 Å². The average Bonchev–Trinajstić information content (AvgIpc) is 0.902. The van der Waals surface area contributed by atoms with Crippen molar-refractivity contribution in [1.29, 1.82) is 0 Å². The van der Waals surface area contributed by atoms with Gasteiger partial charge in [-0.05, 0) is 265 Å². The van der Waals surface area contributed by atoms with Crippen molar-refractivity contribution >= 4 is 77.1 Å². The van der Waals surface area contributed by atoms with Gasteiger partial charge in [-0.15, -0.1) is 20.4 Å². The highest BCUT2D eigenvalue weighted by Crippen LogP contribution is 2.52. The molecule has 0 spiro atoms. The molecule has 138 heavy (non-hydrogen) atoms. The first-order chi connectivity index (χ1) is 64.3. The molecule has 30 nitrogen and oxygen atoms in total. The SMILES string of the molecule is [B]c1ccc(OC(=O)CCc2cn(CCC(C)(C)OCCC(C)(C)OCC(C)(C)C(COCCC(C)(C)OC(C)(C)CCOC(C)(C)CCn3cc(CCC(=O)Oc4ccc([B])cc4)nn3)(COCCC(C)(C)OC(C)(C)CCOC(C)(C)CCn3cc(CCC(=O)Oc4ccc([B])cc4)nn3)C(C)(C)OC(C)(C)CCOC(C)(C)CCn3cc(CCC(=O)Oc4ccc([B])cc4)nn3)nn2)cc1. The van der Waals surface area contributed by atoms with Gasteiger partial charge in [0.05, 0.1) is 162 Å². The molecule has 0 aliphatic rings. The fourth-order valence-electron chi connectivity index (χ4n) is 16.0. The van der Waals surface area contributed by atoms with E-state index in [0.717, 1.165) is 0 Å². The van der Waals surface area contributed by atoms with Gasteiger partial charge in [0.2, 0.25) is 0 Å². The summed E-state index contributed by atoms with van der Waals surface area (Å²) in [6, 6.07) is 26.8. The van der Waals surface area contributed by atoms with Crippen LogP contribution in [0, 0.1) is 10.8 Å². The molecule has 0 saturated heterocycles. The fourth-order valence-corrected chi connectivity index (χ4v) is 16.0. The van der Waals surface area contributed by atoms with E-state index in [1.54, 1.807) is 116 Å². The predicted molar refractivity (Wildman–Crippen MR) is 535 cm³/mol. The minimum atomic E-state index is -1.02. The number of carbonyl (C=O) groups is 4. The van der Waals surface area contributed by atoms with Crippen molar-refractivity contribution in [2.75, 3.05) is 59.5 Å². The summed E-state index contributed by atoms with van der Waals surface area (Å²) < 4.78 is 99.2. The molecule has 4 heterocycles. The van der Waals surface area contributed by atoms with E-state index < -0.39 is 72.4 Å². The third-order valence-electron chi connectivity index (χ3n) is 25.0. The van der Waals surface area contributed by atoms with E-state index in [4.69, 9.17) is 97.7 Å². The number of carbonyl (C=O) groups excluding carboxylic acids is 4. The minimum absolute atomic E-state index is 0.131. The Labute approximate surface area is 825 Å². The maximum Gasteiger partial charge on any atom is 0.311 e. The molecular formula is C104H154B4N12O18. The highest BCUT2D eigenvalue weighted by atomic mass is 16.6. The Morgan fingerprint density at radius 2 is 0.486 bits per heavy atom. The Morgan fingerprint density at radius 3 is 0.732 bits per heavy atom. The number of hydrogen-bond acceptors (Lipinski definition) is 26. The Morgan fingerprint density at radius 1 is 0.268 bits per heavy atom. The molecule has 0 saturated carbocycles. The van der Waals surface area contributed by atoms with Crippen LogP contribution in [0.4, 0.5) is 0 Å². The Balaban J connectivity index is 0.943. The highest BCUT2D eigenvalue weighted by molar-refractivity contribution is 6.33. The van der Waals surface area contributed by atoms with Gasteiger partial charge in [-0.25, -0.2) is 0 Å². The number of ether oxygens (including phenoxy) is 14. The molecule has 8 radical (unpaired) electrons. The number of hydrogen-bond donors (Lipinski definition) is 0. The summed E-state index contributed by atoms with van der Waals surface area (Å²) in [5, 5.41) is 34.8. The van der Waals surface area contributed by atoms with Crippen LogP contribution >= 0.6 is 0 Å². The number of aromatic nitrogens is 12. The molecule has 0 amide bonds. The number of rotatable bonds is 65. The first-order valence-electron chi connectivity index (χ1n) is 48.6. The Bertz CT molecular complexity index is 4890. The third kappa shape index (κ3) is 41.8. The lowest BCUT2D eigenvalue weighted by molar-refractivity contribution is -0.264. The lowest BCUT2D eigenvalue weighted by atomic mass is 9.58. The number of esters is 4. The molecule has 0 aliphatic heterocycles. The van der Waals surface area contributed by atoms with Gasteiger partial charge in [0.15, 0.2) is 0 Å². The lowest BCUT2D eigenvalue weighted by Gasteiger charge is -2.57. The quantitative estimate of drug-likeness (QED) is 0.0148. The van der Waals surface area contributed by atoms with Crippen LogP contribution in [0.2, 0.25) is 0 Å². The zero-order valence-electron chi connectivity index (χ0n) is 87.0. The summed E-state index contributed by atoms with van der Waals surface area (Å²) in [5.41, 5.74) is -3.79. The smallest absolute Gasteiger partial charge is 0.311 e. The van der Waals surface area contributed by atoms with Crippen LogP contribution in [-0.2, 0) is 118 Å². The summed E-state index contributed by atoms with van der Waals surface area (Å²) >= 11 is 0. The minimum Gasteiger partial charge on any atom is -0.427 e. The lowest BCUT2D eigenvalue weighted by Crippen LogP contribution is -2.63. The van der Waals surface area contributed by atoms with E-state index in [1.165, 1.54) is 0 Å². The normalized spacial score (nSPS) is 13.2. The van der Waals surface area contributed by atoms with E-state index in [0.29, 0.717) is 223 Å². The van der Waals surface area contributed by atoms with Gasteiger partial charge in [0, 0.05) is 95.3 Å². The van der Waals surface area contributed by atoms with E-state index in [-0.39, 0.29) is 69.4 Å². The highest BCUT2D eigenvalue weighted by Gasteiger charge is 2.58. The van der Waals surface area contributed by atoms with Crippen LogP contribution in [0.5, 0.6) is 23.0 Å². The second-order valence-electron chi connectivity index (χ2n) is 43.7. The van der Waals surface area contributed by atoms with Crippen molar-refractivity contribution in [3.05, 3.63) is 145 Å². The molecule has 750 valence electrons. The molecule has 34 heteroatoms. The van der Waals surface area contributed by atoms with Crippen LogP contribution in [0.15, 0.2) is 122 Å². The standard InChI is InChI=1S/C104H154B4N12O18/c1-92(2,73-131-97(11,12)55-65-127-93(3,4)49-59-117-69-80(109-113-117)33-45-88(121)132-84-37-25-76(105)26-38-84)104(103(23,24)138-102(21,22)58-68-130-96(9,10)52-62-120-72-83(112-116-120)36-48-91(124)135-87-43-31-79(108)32-44-87,74-125-63-53-98(13,14)136-100(17,18)56-66-128-94(5,6)50-60-118-70-81(110-114-118)34-46-89(122)133-85-39-27-77(106)28-40-85)75-126-64-54-99(15,16)137-101(19,20)57-67-129-95(7,8)51-61-119-71-82(111-115-119)35-47-90(123)134-86-41-29-78(107)30-42-86/h25-32,37-44,69-72H,33-36,45-68,73-75H2,1-24H3. The van der Waals surface area contributed by atoms with E-state index in [2.05, 4.69) is 207 Å². The van der Waals surface area contributed by atoms with Crippen molar-refractivity contribution < 1.29 is 85.5 Å². The predicted octanol–water partition coefficient (Wildman–Crippen LogP) is 14.1. The van der Waals surface area contributed by atoms with Gasteiger partial charge in [-0.3, -0.25) is 37.9 Å². The van der Waals surface area contributed by atoms with E-state index >= 15 is 0 Å². The van der Waals surface area contributed by atoms with Crippen LogP contribution < -0.4 is 40.8 Å². The van der Waals surface area contributed by atoms with Gasteiger partial charge in [-0.2, -0.15) is 0 Å². The molecule has 0 atom stereocenters. The van der Waals surface area contributed by atoms with Gasteiger partial charge in [-0.1, -0.05) is 105 Å². The van der Waals surface area contributed by atoms with Gasteiger partial charge < -0.3 is 66.3 Å². The maximum atomic E-state index is 12.8. The maximum absolute atomic E-state index is 12.8. The Kier molecular flexibility index (Phi) is 42.1. The largest absolute Gasteiger partial charge is 0.427 e. The van der Waals surface area contributed by atoms with Gasteiger partial charge in [0.25, 0.3) is 0 Å². The molecule has 0 bridgehead atoms.